The fourth-order valence-corrected chi connectivity index (χ4v) is 10.8. The number of hydrogen-bond acceptors (Lipinski definition) is 7. The van der Waals surface area contributed by atoms with Crippen LogP contribution < -0.4 is 14.3 Å². The average molecular weight is 733 g/mol. The molecule has 0 saturated carbocycles. The summed E-state index contributed by atoms with van der Waals surface area (Å²) >= 11 is 0. The van der Waals surface area contributed by atoms with Gasteiger partial charge < -0.3 is 24.3 Å². The summed E-state index contributed by atoms with van der Waals surface area (Å²) in [6.07, 6.45) is 3.07. The van der Waals surface area contributed by atoms with E-state index in [4.69, 9.17) is 10.5 Å². The first-order valence-electron chi connectivity index (χ1n) is 18.0. The van der Waals surface area contributed by atoms with E-state index in [1.807, 2.05) is 19.1 Å². The van der Waals surface area contributed by atoms with Crippen LogP contribution in [0.5, 0.6) is 0 Å². The Bertz CT molecular complexity index is 2040. The van der Waals surface area contributed by atoms with Crippen molar-refractivity contribution in [1.82, 2.24) is 4.90 Å². The number of β-lactam (4-membered cyclic amide) rings is 1. The second kappa shape index (κ2) is 12.8. The van der Waals surface area contributed by atoms with E-state index in [-0.39, 0.29) is 42.9 Å². The fourth-order valence-electron chi connectivity index (χ4n) is 9.41. The third-order valence-electron chi connectivity index (χ3n) is 12.4. The predicted molar refractivity (Wildman–Crippen MR) is 197 cm³/mol. The summed E-state index contributed by atoms with van der Waals surface area (Å²) in [5.41, 5.74) is 8.22. The summed E-state index contributed by atoms with van der Waals surface area (Å²) in [5.74, 6) is -3.13. The summed E-state index contributed by atoms with van der Waals surface area (Å²) in [4.78, 5) is 53.2. The standard InChI is InChI=1S/C38H47N6O7S/c1-6-8-31(45)25(4)33-34-24(3)29(36(42(34)37(33)47)38(48)51-19-7-2)21-41-30-12-11-27-10-9-26(20-28(27)35(30)40(5)52(41,49)50)22-43-13-16-44(17-14-43,18-15-43)23-32(39)46/h6-7,9-12,20,24-25,33-34H,1-2,8,13-19,21-23H2,3-5H3,(H-,39,46)/q+1/p+1/t24?,25-,33?,34?,43?,44?/m0/s1. The van der Waals surface area contributed by atoms with Crippen LogP contribution in [0.2, 0.25) is 0 Å². The van der Waals surface area contributed by atoms with Crippen LogP contribution in [-0.4, -0.2) is 118 Å². The van der Waals surface area contributed by atoms with E-state index >= 15 is 0 Å². The van der Waals surface area contributed by atoms with Crippen LogP contribution in [0.3, 0.4) is 0 Å². The van der Waals surface area contributed by atoms with Crippen LogP contribution in [0.15, 0.2) is 66.9 Å². The molecule has 0 aromatic heterocycles. The van der Waals surface area contributed by atoms with Crippen molar-refractivity contribution in [3.63, 3.8) is 0 Å². The molecule has 2 aromatic rings. The molecule has 0 aliphatic carbocycles. The van der Waals surface area contributed by atoms with Gasteiger partial charge in [-0.1, -0.05) is 50.8 Å². The number of Topliss-reactive ketones (excluding diaryl/α,β-unsaturated/α-hetero) is 1. The number of esters is 1. The van der Waals surface area contributed by atoms with Crippen LogP contribution in [0, 0.1) is 17.8 Å². The quantitative estimate of drug-likeness (QED) is 0.144. The number of nitrogens with two attached hydrogens (primary N) is 1. The minimum atomic E-state index is -4.09. The number of amides is 2. The third kappa shape index (κ3) is 5.53. The highest BCUT2D eigenvalue weighted by atomic mass is 32.2. The molecule has 4 fully saturated rings. The number of allylic oxidation sites excluding steroid dienone is 1. The zero-order valence-electron chi connectivity index (χ0n) is 30.1. The molecule has 13 nitrogen and oxygen atoms in total. The van der Waals surface area contributed by atoms with Gasteiger partial charge in [-0.3, -0.25) is 18.7 Å². The molecule has 6 aliphatic heterocycles. The highest BCUT2D eigenvalue weighted by molar-refractivity contribution is 7.94. The molecule has 0 spiro atoms. The number of benzene rings is 2. The molecule has 2 bridgehead atoms. The molecular formula is C38H48N6O7S+2. The van der Waals surface area contributed by atoms with Gasteiger partial charge in [-0.25, -0.2) is 9.10 Å². The summed E-state index contributed by atoms with van der Waals surface area (Å²) in [5, 5.41) is 1.71. The number of fused-ring (bicyclic) bond motifs is 7. The average Bonchev–Trinajstić information content (AvgIpc) is 3.47. The van der Waals surface area contributed by atoms with Crippen LogP contribution in [0.25, 0.3) is 10.8 Å². The maximum absolute atomic E-state index is 14.3. The normalized spacial score (nSPS) is 29.1. The van der Waals surface area contributed by atoms with E-state index in [2.05, 4.69) is 25.3 Å². The predicted octanol–water partition coefficient (Wildman–Crippen LogP) is 2.23. The largest absolute Gasteiger partial charge is 0.457 e. The van der Waals surface area contributed by atoms with Gasteiger partial charge in [-0.05, 0) is 23.1 Å². The maximum atomic E-state index is 14.3. The van der Waals surface area contributed by atoms with Crippen molar-refractivity contribution in [2.75, 3.05) is 74.6 Å². The number of carbonyl (C=O) groups is 4. The first-order valence-corrected chi connectivity index (χ1v) is 19.4. The van der Waals surface area contributed by atoms with E-state index in [0.29, 0.717) is 23.5 Å². The van der Waals surface area contributed by atoms with E-state index in [1.54, 1.807) is 20.0 Å². The molecule has 2 N–H and O–H groups in total. The van der Waals surface area contributed by atoms with Crippen LogP contribution >= 0.6 is 0 Å². The molecular weight excluding hydrogens is 685 g/mol. The SMILES string of the molecule is C=CCOC(=O)C1=C(CN2c3ccc4ccc(C[N+]56CC[N+](CC(N)=O)(CC5)CC6)cc4c3N(C)S2(=O)=O)C(C)C2C([C@@H](C)C(=O)CC=C)C(=O)N12. The highest BCUT2D eigenvalue weighted by Gasteiger charge is 2.61. The van der Waals surface area contributed by atoms with E-state index in [0.717, 1.165) is 71.1 Å². The lowest BCUT2D eigenvalue weighted by Gasteiger charge is -2.55. The Balaban J connectivity index is 1.22. The number of quaternary nitrogens is 2. The molecule has 52 heavy (non-hydrogen) atoms. The molecule has 6 aliphatic rings. The number of primary amides is 1. The lowest BCUT2D eigenvalue weighted by Crippen LogP contribution is -2.75. The van der Waals surface area contributed by atoms with Gasteiger partial charge in [-0.15, -0.1) is 6.58 Å². The maximum Gasteiger partial charge on any atom is 0.355 e. The second-order valence-corrected chi connectivity index (χ2v) is 17.2. The van der Waals surface area contributed by atoms with Crippen molar-refractivity contribution >= 4 is 55.9 Å². The van der Waals surface area contributed by atoms with Crippen molar-refractivity contribution in [3.05, 3.63) is 72.5 Å². The zero-order chi connectivity index (χ0) is 37.3. The molecule has 8 rings (SSSR count). The number of anilines is 2. The van der Waals surface area contributed by atoms with Crippen molar-refractivity contribution < 1.29 is 41.3 Å². The molecule has 0 radical (unpaired) electrons. The molecule has 4 atom stereocenters. The minimum absolute atomic E-state index is 0.0359. The van der Waals surface area contributed by atoms with Crippen LogP contribution in [-0.2, 0) is 40.7 Å². The summed E-state index contributed by atoms with van der Waals surface area (Å²) in [6, 6.07) is 9.46. The molecule has 2 amide bonds. The van der Waals surface area contributed by atoms with Crippen molar-refractivity contribution in [2.45, 2.75) is 32.9 Å². The summed E-state index contributed by atoms with van der Waals surface area (Å²) < 4.78 is 38.2. The second-order valence-electron chi connectivity index (χ2n) is 15.3. The first-order chi connectivity index (χ1) is 24.7. The number of nitrogens with zero attached hydrogens (tertiary/aromatic N) is 5. The number of ether oxygens (including phenoxy) is 1. The number of hydrogen-bond donors (Lipinski definition) is 1. The van der Waals surface area contributed by atoms with Gasteiger partial charge in [0.25, 0.3) is 5.91 Å². The van der Waals surface area contributed by atoms with Gasteiger partial charge in [0.1, 0.15) is 63.9 Å². The van der Waals surface area contributed by atoms with Gasteiger partial charge in [0.05, 0.1) is 29.9 Å². The number of ketones is 1. The number of piperazine rings is 3. The summed E-state index contributed by atoms with van der Waals surface area (Å²) in [6.45, 7) is 17.4. The van der Waals surface area contributed by atoms with Gasteiger partial charge in [0.15, 0.2) is 6.54 Å². The van der Waals surface area contributed by atoms with Crippen molar-refractivity contribution in [1.29, 1.82) is 0 Å². The monoisotopic (exact) mass is 732 g/mol. The molecule has 3 unspecified atom stereocenters. The molecule has 276 valence electrons. The number of carbonyl (C=O) groups excluding carboxylic acids is 4. The highest BCUT2D eigenvalue weighted by Crippen LogP contribution is 2.51. The topological polar surface area (TPSA) is 147 Å². The first kappa shape index (κ1) is 35.9. The smallest absolute Gasteiger partial charge is 0.355 e. The Hall–Kier alpha value is -4.53. The van der Waals surface area contributed by atoms with Gasteiger partial charge in [-0.2, -0.15) is 8.42 Å². The lowest BCUT2D eigenvalue weighted by atomic mass is 9.72. The zero-order valence-corrected chi connectivity index (χ0v) is 30.9. The van der Waals surface area contributed by atoms with E-state index < -0.39 is 40.0 Å². The molecule has 6 heterocycles. The fraction of sp³-hybridized carbons (Fsp3) is 0.474. The van der Waals surface area contributed by atoms with Crippen molar-refractivity contribution in [2.24, 2.45) is 23.5 Å². The molecule has 4 saturated heterocycles. The number of rotatable bonds is 13. The molecule has 2 aromatic carbocycles. The summed E-state index contributed by atoms with van der Waals surface area (Å²) in [7, 11) is -2.55. The Morgan fingerprint density at radius 1 is 1.04 bits per heavy atom. The van der Waals surface area contributed by atoms with Crippen LogP contribution in [0.4, 0.5) is 11.4 Å². The molecule has 14 heteroatoms. The van der Waals surface area contributed by atoms with Crippen LogP contribution in [0.1, 0.15) is 25.8 Å². The van der Waals surface area contributed by atoms with E-state index in [1.165, 1.54) is 25.7 Å². The minimum Gasteiger partial charge on any atom is -0.457 e. The van der Waals surface area contributed by atoms with Gasteiger partial charge in [0.2, 0.25) is 5.91 Å². The van der Waals surface area contributed by atoms with Crippen molar-refractivity contribution in [3.8, 4) is 0 Å². The van der Waals surface area contributed by atoms with Gasteiger partial charge in [0, 0.05) is 36.3 Å². The Labute approximate surface area is 304 Å². The third-order valence-corrected chi connectivity index (χ3v) is 14.2. The van der Waals surface area contributed by atoms with E-state index in [9.17, 15) is 27.6 Å². The Kier molecular flexibility index (Phi) is 8.86. The van der Waals surface area contributed by atoms with Gasteiger partial charge >= 0.3 is 16.2 Å². The lowest BCUT2D eigenvalue weighted by molar-refractivity contribution is -1.08. The Morgan fingerprint density at radius 3 is 2.33 bits per heavy atom. The Morgan fingerprint density at radius 2 is 1.69 bits per heavy atom.